The molecule has 0 saturated carbocycles. The Balaban J connectivity index is 2.60. The third-order valence-corrected chi connectivity index (χ3v) is 2.88. The first-order valence-corrected chi connectivity index (χ1v) is 5.48. The Labute approximate surface area is 90.8 Å². The summed E-state index contributed by atoms with van der Waals surface area (Å²) in [5.41, 5.74) is 0. The Morgan fingerprint density at radius 1 is 1.67 bits per heavy atom. The number of nitriles is 1. The van der Waals surface area contributed by atoms with Crippen LogP contribution >= 0.6 is 0 Å². The zero-order valence-corrected chi connectivity index (χ0v) is 9.40. The molecule has 1 fully saturated rings. The molecule has 0 aliphatic carbocycles. The molecule has 4 heteroatoms. The van der Waals surface area contributed by atoms with Gasteiger partial charge in [0.2, 0.25) is 5.91 Å². The van der Waals surface area contributed by atoms with Gasteiger partial charge in [0, 0.05) is 13.2 Å². The zero-order valence-electron chi connectivity index (χ0n) is 9.40. The molecule has 2 unspecified atom stereocenters. The molecule has 0 N–H and O–H groups in total. The summed E-state index contributed by atoms with van der Waals surface area (Å²) in [5.74, 6) is -0.00157. The SMILES string of the molecule is CCN(CC#N)C(=O)C1CCCOC1C. The van der Waals surface area contributed by atoms with Gasteiger partial charge in [-0.05, 0) is 26.7 Å². The van der Waals surface area contributed by atoms with Crippen molar-refractivity contribution in [3.05, 3.63) is 0 Å². The summed E-state index contributed by atoms with van der Waals surface area (Å²) < 4.78 is 5.45. The maximum Gasteiger partial charge on any atom is 0.229 e. The fraction of sp³-hybridized carbons (Fsp3) is 0.818. The van der Waals surface area contributed by atoms with E-state index < -0.39 is 0 Å². The van der Waals surface area contributed by atoms with Crippen LogP contribution in [-0.2, 0) is 9.53 Å². The summed E-state index contributed by atoms with van der Waals surface area (Å²) in [6.45, 7) is 5.34. The highest BCUT2D eigenvalue weighted by atomic mass is 16.5. The number of carbonyl (C=O) groups excluding carboxylic acids is 1. The first-order valence-electron chi connectivity index (χ1n) is 5.48. The molecule has 1 saturated heterocycles. The highest BCUT2D eigenvalue weighted by Gasteiger charge is 2.31. The van der Waals surface area contributed by atoms with Crippen molar-refractivity contribution >= 4 is 5.91 Å². The summed E-state index contributed by atoms with van der Waals surface area (Å²) in [7, 11) is 0. The molecular formula is C11H18N2O2. The predicted molar refractivity (Wildman–Crippen MR) is 56.0 cm³/mol. The highest BCUT2D eigenvalue weighted by molar-refractivity contribution is 5.79. The molecule has 1 amide bonds. The van der Waals surface area contributed by atoms with Gasteiger partial charge in [0.15, 0.2) is 0 Å². The zero-order chi connectivity index (χ0) is 11.3. The fourth-order valence-corrected chi connectivity index (χ4v) is 1.91. The number of hydrogen-bond acceptors (Lipinski definition) is 3. The van der Waals surface area contributed by atoms with E-state index in [9.17, 15) is 4.79 Å². The summed E-state index contributed by atoms with van der Waals surface area (Å²) >= 11 is 0. The van der Waals surface area contributed by atoms with Crippen molar-refractivity contribution in [2.45, 2.75) is 32.8 Å². The van der Waals surface area contributed by atoms with Gasteiger partial charge in [-0.15, -0.1) is 0 Å². The molecule has 2 atom stereocenters. The Bertz CT molecular complexity index is 260. The van der Waals surface area contributed by atoms with Gasteiger partial charge in [-0.1, -0.05) is 0 Å². The van der Waals surface area contributed by atoms with Gasteiger partial charge in [-0.25, -0.2) is 0 Å². The first kappa shape index (κ1) is 12.0. The van der Waals surface area contributed by atoms with E-state index in [0.29, 0.717) is 6.54 Å². The standard InChI is InChI=1S/C11H18N2O2/c1-3-13(7-6-12)11(14)10-5-4-8-15-9(10)2/h9-10H,3-5,7-8H2,1-2H3. The van der Waals surface area contributed by atoms with E-state index >= 15 is 0 Å². The van der Waals surface area contributed by atoms with Crippen LogP contribution in [0, 0.1) is 17.2 Å². The number of carbonyl (C=O) groups is 1. The first-order chi connectivity index (χ1) is 7.20. The van der Waals surface area contributed by atoms with Gasteiger partial charge in [0.05, 0.1) is 18.1 Å². The number of ether oxygens (including phenoxy) is 1. The molecule has 0 aromatic carbocycles. The largest absolute Gasteiger partial charge is 0.378 e. The van der Waals surface area contributed by atoms with Gasteiger partial charge in [0.25, 0.3) is 0 Å². The van der Waals surface area contributed by atoms with Crippen molar-refractivity contribution in [1.82, 2.24) is 4.90 Å². The molecule has 0 bridgehead atoms. The summed E-state index contributed by atoms with van der Waals surface area (Å²) in [6.07, 6.45) is 1.80. The molecule has 0 spiro atoms. The van der Waals surface area contributed by atoms with Gasteiger partial charge in [0.1, 0.15) is 6.54 Å². The third kappa shape index (κ3) is 2.93. The molecule has 4 nitrogen and oxygen atoms in total. The molecule has 15 heavy (non-hydrogen) atoms. The van der Waals surface area contributed by atoms with Gasteiger partial charge in [-0.3, -0.25) is 4.79 Å². The van der Waals surface area contributed by atoms with Crippen molar-refractivity contribution in [1.29, 1.82) is 5.26 Å². The fourth-order valence-electron chi connectivity index (χ4n) is 1.91. The minimum Gasteiger partial charge on any atom is -0.378 e. The Morgan fingerprint density at radius 2 is 2.40 bits per heavy atom. The lowest BCUT2D eigenvalue weighted by Crippen LogP contribution is -2.43. The minimum absolute atomic E-state index is 0.0148. The van der Waals surface area contributed by atoms with Crippen LogP contribution in [-0.4, -0.2) is 36.6 Å². The average molecular weight is 210 g/mol. The Kier molecular flexibility index (Phi) is 4.57. The smallest absolute Gasteiger partial charge is 0.229 e. The van der Waals surface area contributed by atoms with Crippen molar-refractivity contribution in [2.24, 2.45) is 5.92 Å². The second-order valence-electron chi connectivity index (χ2n) is 3.84. The van der Waals surface area contributed by atoms with E-state index in [1.807, 2.05) is 19.9 Å². The van der Waals surface area contributed by atoms with Gasteiger partial charge < -0.3 is 9.64 Å². The number of nitrogens with zero attached hydrogens (tertiary/aromatic N) is 2. The summed E-state index contributed by atoms with van der Waals surface area (Å²) in [4.78, 5) is 13.6. The number of hydrogen-bond donors (Lipinski definition) is 0. The number of amides is 1. The van der Waals surface area contributed by atoms with Crippen LogP contribution in [0.1, 0.15) is 26.7 Å². The quantitative estimate of drug-likeness (QED) is 0.657. The van der Waals surface area contributed by atoms with E-state index in [-0.39, 0.29) is 24.5 Å². The lowest BCUT2D eigenvalue weighted by atomic mass is 9.94. The molecule has 0 aromatic heterocycles. The molecule has 1 rings (SSSR count). The van der Waals surface area contributed by atoms with Gasteiger partial charge >= 0.3 is 0 Å². The third-order valence-electron chi connectivity index (χ3n) is 2.88. The van der Waals surface area contributed by atoms with Crippen molar-refractivity contribution < 1.29 is 9.53 Å². The van der Waals surface area contributed by atoms with Gasteiger partial charge in [-0.2, -0.15) is 5.26 Å². The van der Waals surface area contributed by atoms with E-state index in [0.717, 1.165) is 19.4 Å². The summed E-state index contributed by atoms with van der Waals surface area (Å²) in [6, 6.07) is 2.02. The van der Waals surface area contributed by atoms with E-state index in [1.165, 1.54) is 0 Å². The van der Waals surface area contributed by atoms with Crippen LogP contribution in [0.5, 0.6) is 0 Å². The monoisotopic (exact) mass is 210 g/mol. The van der Waals surface area contributed by atoms with Crippen LogP contribution in [0.3, 0.4) is 0 Å². The minimum atomic E-state index is -0.0629. The van der Waals surface area contributed by atoms with Crippen LogP contribution in [0.4, 0.5) is 0 Å². The molecule has 1 aliphatic heterocycles. The maximum absolute atomic E-state index is 12.0. The Hall–Kier alpha value is -1.08. The summed E-state index contributed by atoms with van der Waals surface area (Å²) in [5, 5.41) is 8.61. The van der Waals surface area contributed by atoms with Crippen molar-refractivity contribution in [2.75, 3.05) is 19.7 Å². The lowest BCUT2D eigenvalue weighted by molar-refractivity contribution is -0.143. The highest BCUT2D eigenvalue weighted by Crippen LogP contribution is 2.22. The van der Waals surface area contributed by atoms with Crippen LogP contribution < -0.4 is 0 Å². The predicted octanol–water partition coefficient (Wildman–Crippen LogP) is 1.17. The molecule has 84 valence electrons. The van der Waals surface area contributed by atoms with Crippen LogP contribution in [0.15, 0.2) is 0 Å². The number of rotatable bonds is 3. The second kappa shape index (κ2) is 5.72. The molecule has 1 heterocycles. The normalized spacial score (nSPS) is 25.7. The maximum atomic E-state index is 12.0. The van der Waals surface area contributed by atoms with Crippen LogP contribution in [0.25, 0.3) is 0 Å². The Morgan fingerprint density at radius 3 is 2.93 bits per heavy atom. The van der Waals surface area contributed by atoms with Crippen molar-refractivity contribution in [3.63, 3.8) is 0 Å². The van der Waals surface area contributed by atoms with E-state index in [1.54, 1.807) is 4.90 Å². The van der Waals surface area contributed by atoms with E-state index in [2.05, 4.69) is 0 Å². The lowest BCUT2D eigenvalue weighted by Gasteiger charge is -2.31. The molecule has 1 aliphatic rings. The van der Waals surface area contributed by atoms with Crippen LogP contribution in [0.2, 0.25) is 0 Å². The average Bonchev–Trinajstić information content (AvgIpc) is 2.25. The topological polar surface area (TPSA) is 53.3 Å². The van der Waals surface area contributed by atoms with E-state index in [4.69, 9.17) is 10.00 Å². The molecule has 0 radical (unpaired) electrons. The second-order valence-corrected chi connectivity index (χ2v) is 3.84. The van der Waals surface area contributed by atoms with Crippen molar-refractivity contribution in [3.8, 4) is 6.07 Å². The molecule has 0 aromatic rings. The molecular weight excluding hydrogens is 192 g/mol.